The first-order valence-electron chi connectivity index (χ1n) is 12.8. The number of hydrogen-bond acceptors (Lipinski definition) is 6. The smallest absolute Gasteiger partial charge is 0.254 e. The van der Waals surface area contributed by atoms with Gasteiger partial charge in [-0.2, -0.15) is 0 Å². The Morgan fingerprint density at radius 3 is 2.11 bits per heavy atom. The van der Waals surface area contributed by atoms with Crippen LogP contribution >= 0.6 is 24.8 Å². The van der Waals surface area contributed by atoms with Gasteiger partial charge in [-0.05, 0) is 61.9 Å². The summed E-state index contributed by atoms with van der Waals surface area (Å²) in [5.74, 6) is 0.156. The molecule has 0 aliphatic carbocycles. The second-order valence-corrected chi connectivity index (χ2v) is 9.73. The maximum Gasteiger partial charge on any atom is 0.254 e. The van der Waals surface area contributed by atoms with Gasteiger partial charge in [0.05, 0.1) is 0 Å². The zero-order chi connectivity index (χ0) is 25.1. The minimum atomic E-state index is -0.407. The molecule has 0 radical (unpaired) electrons. The van der Waals surface area contributed by atoms with Gasteiger partial charge in [-0.25, -0.2) is 4.39 Å². The van der Waals surface area contributed by atoms with Crippen molar-refractivity contribution in [2.75, 3.05) is 70.3 Å². The van der Waals surface area contributed by atoms with E-state index in [2.05, 4.69) is 15.5 Å². The highest BCUT2D eigenvalue weighted by molar-refractivity contribution is 5.96. The summed E-state index contributed by atoms with van der Waals surface area (Å²) in [5.41, 5.74) is 2.65. The zero-order valence-electron chi connectivity index (χ0n) is 21.6. The largest absolute Gasteiger partial charge is 0.489 e. The molecule has 3 heterocycles. The summed E-state index contributed by atoms with van der Waals surface area (Å²) >= 11 is 0. The summed E-state index contributed by atoms with van der Waals surface area (Å²) in [6.45, 7) is 8.71. The number of nitrogens with one attached hydrogen (secondary N) is 2. The Hall–Kier alpha value is -2.59. The van der Waals surface area contributed by atoms with Gasteiger partial charge in [0.25, 0.3) is 11.8 Å². The molecule has 0 saturated carbocycles. The maximum atomic E-state index is 14.4. The fourth-order valence-corrected chi connectivity index (χ4v) is 5.10. The first-order valence-corrected chi connectivity index (χ1v) is 12.8. The van der Waals surface area contributed by atoms with Crippen molar-refractivity contribution < 1.29 is 18.7 Å². The number of halogens is 3. The van der Waals surface area contributed by atoms with Crippen LogP contribution in [0.3, 0.4) is 0 Å². The van der Waals surface area contributed by atoms with E-state index in [1.54, 1.807) is 15.9 Å². The van der Waals surface area contributed by atoms with Gasteiger partial charge in [-0.15, -0.1) is 24.8 Å². The number of amides is 2. The van der Waals surface area contributed by atoms with E-state index in [0.29, 0.717) is 37.3 Å². The van der Waals surface area contributed by atoms with E-state index in [9.17, 15) is 14.0 Å². The van der Waals surface area contributed by atoms with Crippen LogP contribution in [0.1, 0.15) is 32.7 Å². The number of anilines is 1. The Morgan fingerprint density at radius 1 is 0.842 bits per heavy atom. The van der Waals surface area contributed by atoms with E-state index >= 15 is 0 Å². The zero-order valence-corrected chi connectivity index (χ0v) is 23.2. The number of carbonyl (C=O) groups is 2. The lowest BCUT2D eigenvalue weighted by Gasteiger charge is -2.35. The molecule has 3 aliphatic heterocycles. The second kappa shape index (κ2) is 13.5. The molecule has 2 aromatic rings. The average Bonchev–Trinajstić information content (AvgIpc) is 3.42. The third-order valence-corrected chi connectivity index (χ3v) is 7.20. The normalized spacial score (nSPS) is 19.4. The highest BCUT2D eigenvalue weighted by Crippen LogP contribution is 2.24. The van der Waals surface area contributed by atoms with Crippen LogP contribution in [0.2, 0.25) is 0 Å². The van der Waals surface area contributed by atoms with Crippen molar-refractivity contribution in [3.8, 4) is 5.75 Å². The SMILES string of the molecule is Cc1cc(C(=O)N2CCN(C(=O)c3cc(F)cc(N4CCNCC4)c3)CC2)ccc1O[C@H]1CCNC1.Cl.Cl. The van der Waals surface area contributed by atoms with Crippen molar-refractivity contribution in [3.63, 3.8) is 0 Å². The quantitative estimate of drug-likeness (QED) is 0.578. The van der Waals surface area contributed by atoms with E-state index in [0.717, 1.165) is 62.7 Å². The molecule has 3 fully saturated rings. The molecular formula is C27H36Cl2FN5O3. The molecule has 11 heteroatoms. The molecule has 208 valence electrons. The Labute approximate surface area is 235 Å². The molecule has 2 aromatic carbocycles. The number of aryl methyl sites for hydroxylation is 1. The number of benzene rings is 2. The highest BCUT2D eigenvalue weighted by atomic mass is 35.5. The Bertz CT molecular complexity index is 1120. The number of nitrogens with zero attached hydrogens (tertiary/aromatic N) is 3. The molecule has 0 spiro atoms. The van der Waals surface area contributed by atoms with Gasteiger partial charge < -0.3 is 30.1 Å². The Kier molecular flexibility index (Phi) is 10.6. The maximum absolute atomic E-state index is 14.4. The fraction of sp³-hybridized carbons (Fsp3) is 0.481. The summed E-state index contributed by atoms with van der Waals surface area (Å²) in [5, 5.41) is 6.57. The van der Waals surface area contributed by atoms with Crippen molar-refractivity contribution in [3.05, 3.63) is 58.9 Å². The van der Waals surface area contributed by atoms with Crippen molar-refractivity contribution >= 4 is 42.3 Å². The van der Waals surface area contributed by atoms with Gasteiger partial charge in [0.2, 0.25) is 0 Å². The van der Waals surface area contributed by atoms with Crippen LogP contribution in [-0.4, -0.2) is 93.2 Å². The third kappa shape index (κ3) is 6.88. The van der Waals surface area contributed by atoms with E-state index in [4.69, 9.17) is 4.74 Å². The van der Waals surface area contributed by atoms with Crippen LogP contribution in [0, 0.1) is 12.7 Å². The third-order valence-electron chi connectivity index (χ3n) is 7.20. The minimum Gasteiger partial charge on any atom is -0.489 e. The van der Waals surface area contributed by atoms with Crippen molar-refractivity contribution in [2.45, 2.75) is 19.4 Å². The molecular weight excluding hydrogens is 532 g/mol. The predicted octanol–water partition coefficient (Wildman–Crippen LogP) is 2.73. The first kappa shape index (κ1) is 30.0. The van der Waals surface area contributed by atoms with Gasteiger partial charge >= 0.3 is 0 Å². The summed E-state index contributed by atoms with van der Waals surface area (Å²) in [6.07, 6.45) is 1.15. The monoisotopic (exact) mass is 567 g/mol. The summed E-state index contributed by atoms with van der Waals surface area (Å²) < 4.78 is 20.4. The van der Waals surface area contributed by atoms with Crippen LogP contribution in [-0.2, 0) is 0 Å². The van der Waals surface area contributed by atoms with Gasteiger partial charge in [-0.3, -0.25) is 9.59 Å². The number of rotatable bonds is 5. The topological polar surface area (TPSA) is 77.2 Å². The van der Waals surface area contributed by atoms with Gasteiger partial charge in [0.1, 0.15) is 17.7 Å². The highest BCUT2D eigenvalue weighted by Gasteiger charge is 2.27. The van der Waals surface area contributed by atoms with E-state index in [1.165, 1.54) is 12.1 Å². The summed E-state index contributed by atoms with van der Waals surface area (Å²) in [4.78, 5) is 31.9. The van der Waals surface area contributed by atoms with E-state index < -0.39 is 5.82 Å². The molecule has 1 atom stereocenters. The molecule has 0 bridgehead atoms. The number of ether oxygens (including phenoxy) is 1. The first-order chi connectivity index (χ1) is 17.5. The Balaban J connectivity index is 0.00000200. The molecule has 5 rings (SSSR count). The second-order valence-electron chi connectivity index (χ2n) is 9.73. The van der Waals surface area contributed by atoms with Crippen LogP contribution < -0.4 is 20.3 Å². The number of piperazine rings is 2. The molecule has 0 unspecified atom stereocenters. The lowest BCUT2D eigenvalue weighted by Crippen LogP contribution is -2.50. The molecule has 2 amide bonds. The van der Waals surface area contributed by atoms with Crippen LogP contribution in [0.5, 0.6) is 5.75 Å². The number of carbonyl (C=O) groups excluding carboxylic acids is 2. The van der Waals surface area contributed by atoms with E-state index in [-0.39, 0.29) is 42.7 Å². The van der Waals surface area contributed by atoms with Crippen molar-refractivity contribution in [1.29, 1.82) is 0 Å². The van der Waals surface area contributed by atoms with E-state index in [1.807, 2.05) is 25.1 Å². The molecule has 3 saturated heterocycles. The molecule has 0 aromatic heterocycles. The molecule has 38 heavy (non-hydrogen) atoms. The van der Waals surface area contributed by atoms with Crippen molar-refractivity contribution in [1.82, 2.24) is 20.4 Å². The van der Waals surface area contributed by atoms with Gasteiger partial charge in [0, 0.05) is 75.7 Å². The minimum absolute atomic E-state index is 0. The molecule has 2 N–H and O–H groups in total. The van der Waals surface area contributed by atoms with Gasteiger partial charge in [0.15, 0.2) is 0 Å². The lowest BCUT2D eigenvalue weighted by atomic mass is 10.1. The lowest BCUT2D eigenvalue weighted by molar-refractivity contribution is 0.0535. The molecule has 3 aliphatic rings. The summed E-state index contributed by atoms with van der Waals surface area (Å²) in [6, 6.07) is 10.1. The predicted molar refractivity (Wildman–Crippen MR) is 151 cm³/mol. The standard InChI is InChI=1S/C27H34FN5O3.2ClH/c1-19-14-20(2-3-25(19)36-24-4-5-30-18-24)26(34)32-10-12-33(13-11-32)27(35)21-15-22(28)17-23(16-21)31-8-6-29-7-9-31;;/h2-3,14-17,24,29-30H,4-13,18H2,1H3;2*1H/t24-;;/m0../s1. The molecule has 8 nitrogen and oxygen atoms in total. The Morgan fingerprint density at radius 2 is 1.50 bits per heavy atom. The number of hydrogen-bond donors (Lipinski definition) is 2. The fourth-order valence-electron chi connectivity index (χ4n) is 5.10. The average molecular weight is 569 g/mol. The summed E-state index contributed by atoms with van der Waals surface area (Å²) in [7, 11) is 0. The van der Waals surface area contributed by atoms with Gasteiger partial charge in [-0.1, -0.05) is 0 Å². The van der Waals surface area contributed by atoms with Crippen LogP contribution in [0.25, 0.3) is 0 Å². The van der Waals surface area contributed by atoms with Crippen LogP contribution in [0.4, 0.5) is 10.1 Å². The van der Waals surface area contributed by atoms with Crippen LogP contribution in [0.15, 0.2) is 36.4 Å². The van der Waals surface area contributed by atoms with Crippen molar-refractivity contribution in [2.24, 2.45) is 0 Å².